The molecule has 16 heavy (non-hydrogen) atoms. The highest BCUT2D eigenvalue weighted by Crippen LogP contribution is 2.17. The molecular weight excluding hydrogens is 236 g/mol. The molecule has 0 aliphatic carbocycles. The molecule has 0 saturated heterocycles. The maximum Gasteiger partial charge on any atom is 0.0352 e. The van der Waals surface area contributed by atoms with E-state index < -0.39 is 0 Å². The van der Waals surface area contributed by atoms with Crippen LogP contribution >= 0.6 is 23.4 Å². The van der Waals surface area contributed by atoms with Crippen LogP contribution in [0.25, 0.3) is 0 Å². The van der Waals surface area contributed by atoms with Crippen LogP contribution in [-0.4, -0.2) is 11.1 Å². The highest BCUT2D eigenvalue weighted by molar-refractivity contribution is 8.04. The number of halogens is 1. The van der Waals surface area contributed by atoms with Crippen molar-refractivity contribution in [1.82, 2.24) is 0 Å². The molecule has 2 heteroatoms. The zero-order valence-corrected chi connectivity index (χ0v) is 11.2. The number of rotatable bonds is 5. The molecule has 0 spiro atoms. The van der Waals surface area contributed by atoms with E-state index >= 15 is 0 Å². The molecule has 1 atom stereocenters. The van der Waals surface area contributed by atoms with Gasteiger partial charge in [-0.1, -0.05) is 55.6 Å². The molecule has 0 bridgehead atoms. The van der Waals surface area contributed by atoms with Gasteiger partial charge in [-0.25, -0.2) is 0 Å². The minimum atomic E-state index is 0.470. The molecule has 0 heterocycles. The predicted molar refractivity (Wildman–Crippen MR) is 74.9 cm³/mol. The smallest absolute Gasteiger partial charge is 0.0352 e. The Balaban J connectivity index is 2.40. The summed E-state index contributed by atoms with van der Waals surface area (Å²) in [5.74, 6) is 3.83. The first-order valence-corrected chi connectivity index (χ1v) is 7.06. The number of benzene rings is 1. The summed E-state index contributed by atoms with van der Waals surface area (Å²) in [6, 6.07) is 10.1. The second-order valence-electron chi connectivity index (χ2n) is 3.63. The van der Waals surface area contributed by atoms with Crippen molar-refractivity contribution in [2.24, 2.45) is 0 Å². The van der Waals surface area contributed by atoms with Gasteiger partial charge in [-0.2, -0.15) is 0 Å². The minimum absolute atomic E-state index is 0.470. The van der Waals surface area contributed by atoms with Gasteiger partial charge in [0.05, 0.1) is 0 Å². The summed E-state index contributed by atoms with van der Waals surface area (Å²) in [6.07, 6.45) is 3.62. The maximum atomic E-state index is 5.90. The van der Waals surface area contributed by atoms with E-state index in [1.165, 1.54) is 12.8 Å². The largest absolute Gasteiger partial charge is 0.125 e. The Kier molecular flexibility index (Phi) is 7.21. The van der Waals surface area contributed by atoms with Crippen molar-refractivity contribution < 1.29 is 0 Å². The predicted octanol–water partition coefficient (Wildman–Crippen LogP) is 4.53. The van der Waals surface area contributed by atoms with E-state index in [0.29, 0.717) is 11.1 Å². The molecule has 1 unspecified atom stereocenters. The number of hydrogen-bond acceptors (Lipinski definition) is 1. The van der Waals surface area contributed by atoms with Crippen molar-refractivity contribution >= 4 is 23.4 Å². The van der Waals surface area contributed by atoms with Gasteiger partial charge in [-0.05, 0) is 23.8 Å². The summed E-state index contributed by atoms with van der Waals surface area (Å²) in [5, 5.41) is 3.61. The monoisotopic (exact) mass is 252 g/mol. The SMILES string of the molecule is CCCCC(CCl)SC#Cc1ccccc1. The van der Waals surface area contributed by atoms with E-state index in [1.807, 2.05) is 30.3 Å². The molecule has 1 rings (SSSR count). The first kappa shape index (κ1) is 13.5. The third kappa shape index (κ3) is 5.49. The van der Waals surface area contributed by atoms with Gasteiger partial charge in [0.25, 0.3) is 0 Å². The average Bonchev–Trinajstić information content (AvgIpc) is 2.35. The van der Waals surface area contributed by atoms with Crippen LogP contribution in [-0.2, 0) is 0 Å². The fourth-order valence-electron chi connectivity index (χ4n) is 1.29. The first-order chi connectivity index (χ1) is 7.86. The Hall–Kier alpha value is -0.580. The number of thioether (sulfide) groups is 1. The summed E-state index contributed by atoms with van der Waals surface area (Å²) in [7, 11) is 0. The molecule has 0 aromatic heterocycles. The molecule has 1 aromatic rings. The summed E-state index contributed by atoms with van der Waals surface area (Å²) in [6.45, 7) is 2.20. The van der Waals surface area contributed by atoms with Gasteiger partial charge in [0, 0.05) is 16.7 Å². The molecule has 0 fully saturated rings. The fraction of sp³-hybridized carbons (Fsp3) is 0.429. The van der Waals surface area contributed by atoms with Crippen molar-refractivity contribution in [1.29, 1.82) is 0 Å². The van der Waals surface area contributed by atoms with Gasteiger partial charge in [0.15, 0.2) is 0 Å². The Morgan fingerprint density at radius 1 is 1.31 bits per heavy atom. The van der Waals surface area contributed by atoms with E-state index in [0.717, 1.165) is 12.0 Å². The molecule has 86 valence electrons. The lowest BCUT2D eigenvalue weighted by Gasteiger charge is -2.07. The Morgan fingerprint density at radius 3 is 2.69 bits per heavy atom. The highest BCUT2D eigenvalue weighted by atomic mass is 35.5. The topological polar surface area (TPSA) is 0 Å². The number of unbranched alkanes of at least 4 members (excludes halogenated alkanes) is 1. The van der Waals surface area contributed by atoms with Crippen molar-refractivity contribution in [3.63, 3.8) is 0 Å². The molecule has 0 amide bonds. The van der Waals surface area contributed by atoms with Crippen molar-refractivity contribution in [2.45, 2.75) is 31.4 Å². The van der Waals surface area contributed by atoms with Gasteiger partial charge in [0.1, 0.15) is 0 Å². The number of alkyl halides is 1. The van der Waals surface area contributed by atoms with Crippen LogP contribution < -0.4 is 0 Å². The van der Waals surface area contributed by atoms with Crippen LogP contribution in [0.5, 0.6) is 0 Å². The molecule has 0 N–H and O–H groups in total. The maximum absolute atomic E-state index is 5.90. The van der Waals surface area contributed by atoms with E-state index in [-0.39, 0.29) is 0 Å². The lowest BCUT2D eigenvalue weighted by molar-refractivity contribution is 0.717. The molecule has 0 aliphatic heterocycles. The second kappa shape index (κ2) is 8.56. The van der Waals surface area contributed by atoms with Crippen LogP contribution in [0.4, 0.5) is 0 Å². The fourth-order valence-corrected chi connectivity index (χ4v) is 2.33. The zero-order chi connectivity index (χ0) is 11.6. The lowest BCUT2D eigenvalue weighted by Crippen LogP contribution is -2.02. The number of hydrogen-bond donors (Lipinski definition) is 0. The normalized spacial score (nSPS) is 11.6. The van der Waals surface area contributed by atoms with Crippen LogP contribution in [0.3, 0.4) is 0 Å². The van der Waals surface area contributed by atoms with E-state index in [4.69, 9.17) is 11.6 Å². The summed E-state index contributed by atoms with van der Waals surface area (Å²) in [4.78, 5) is 0. The zero-order valence-electron chi connectivity index (χ0n) is 9.58. The van der Waals surface area contributed by atoms with Crippen molar-refractivity contribution in [3.05, 3.63) is 35.9 Å². The van der Waals surface area contributed by atoms with E-state index in [2.05, 4.69) is 18.1 Å². The Labute approximate surface area is 108 Å². The molecule has 0 saturated carbocycles. The van der Waals surface area contributed by atoms with Gasteiger partial charge < -0.3 is 0 Å². The molecule has 0 nitrogen and oxygen atoms in total. The quantitative estimate of drug-likeness (QED) is 0.548. The van der Waals surface area contributed by atoms with E-state index in [9.17, 15) is 0 Å². The van der Waals surface area contributed by atoms with Crippen LogP contribution in [0.15, 0.2) is 30.3 Å². The molecular formula is C14H17ClS. The van der Waals surface area contributed by atoms with Crippen LogP contribution in [0, 0.1) is 11.2 Å². The van der Waals surface area contributed by atoms with Gasteiger partial charge in [0.2, 0.25) is 0 Å². The van der Waals surface area contributed by atoms with Gasteiger partial charge >= 0.3 is 0 Å². The Bertz CT molecular complexity index is 337. The first-order valence-electron chi connectivity index (χ1n) is 5.64. The summed E-state index contributed by atoms with van der Waals surface area (Å²) >= 11 is 7.56. The minimum Gasteiger partial charge on any atom is -0.125 e. The second-order valence-corrected chi connectivity index (χ2v) is 5.04. The van der Waals surface area contributed by atoms with Gasteiger partial charge in [-0.3, -0.25) is 0 Å². The molecule has 0 radical (unpaired) electrons. The lowest BCUT2D eigenvalue weighted by atomic mass is 10.2. The average molecular weight is 253 g/mol. The molecule has 0 aliphatic rings. The van der Waals surface area contributed by atoms with Crippen molar-refractivity contribution in [3.8, 4) is 11.2 Å². The van der Waals surface area contributed by atoms with Crippen molar-refractivity contribution in [2.75, 3.05) is 5.88 Å². The van der Waals surface area contributed by atoms with Crippen LogP contribution in [0.2, 0.25) is 0 Å². The third-order valence-electron chi connectivity index (χ3n) is 2.25. The molecule has 1 aromatic carbocycles. The standard InChI is InChI=1S/C14H17ClS/c1-2-3-9-14(12-15)16-11-10-13-7-5-4-6-8-13/h4-8,14H,2-3,9,12H2,1H3. The van der Waals surface area contributed by atoms with E-state index in [1.54, 1.807) is 11.8 Å². The third-order valence-corrected chi connectivity index (χ3v) is 3.76. The summed E-state index contributed by atoms with van der Waals surface area (Å²) < 4.78 is 0. The summed E-state index contributed by atoms with van der Waals surface area (Å²) in [5.41, 5.74) is 1.07. The van der Waals surface area contributed by atoms with Gasteiger partial charge in [-0.15, -0.1) is 11.6 Å². The van der Waals surface area contributed by atoms with Crippen LogP contribution in [0.1, 0.15) is 31.7 Å². The highest BCUT2D eigenvalue weighted by Gasteiger charge is 2.04. The Morgan fingerprint density at radius 2 is 2.06 bits per heavy atom.